The molecule has 0 aliphatic heterocycles. The molecule has 0 atom stereocenters. The van der Waals surface area contributed by atoms with Gasteiger partial charge >= 0.3 is 6.03 Å². The van der Waals surface area contributed by atoms with Crippen LogP contribution in [-0.2, 0) is 0 Å². The molecule has 7 heteroatoms. The number of carbonyl (C=O) groups is 1. The van der Waals surface area contributed by atoms with Crippen LogP contribution >= 0.6 is 11.3 Å². The summed E-state index contributed by atoms with van der Waals surface area (Å²) >= 11 is 1.45. The zero-order valence-electron chi connectivity index (χ0n) is 13.2. The second-order valence-electron chi connectivity index (χ2n) is 6.37. The minimum absolute atomic E-state index is 0.157. The molecule has 1 aromatic rings. The number of anilines is 2. The molecule has 2 amide bonds. The van der Waals surface area contributed by atoms with Gasteiger partial charge in [0.1, 0.15) is 0 Å². The van der Waals surface area contributed by atoms with E-state index in [-0.39, 0.29) is 6.03 Å². The Bertz CT molecular complexity index is 494. The van der Waals surface area contributed by atoms with E-state index in [1.807, 2.05) is 0 Å². The Labute approximate surface area is 135 Å². The quantitative estimate of drug-likeness (QED) is 0.891. The Morgan fingerprint density at radius 3 is 2.50 bits per heavy atom. The number of hydrogen-bond acceptors (Lipinski definition) is 5. The average molecular weight is 323 g/mol. The summed E-state index contributed by atoms with van der Waals surface area (Å²) in [6.07, 6.45) is 11.0. The molecule has 0 unspecified atom stereocenters. The average Bonchev–Trinajstić information content (AvgIpc) is 3.19. The van der Waals surface area contributed by atoms with Gasteiger partial charge in [0.15, 0.2) is 0 Å². The maximum absolute atomic E-state index is 12.0. The monoisotopic (exact) mass is 323 g/mol. The number of amides is 2. The molecule has 0 bridgehead atoms. The lowest BCUT2D eigenvalue weighted by atomic mass is 9.95. The summed E-state index contributed by atoms with van der Waals surface area (Å²) in [5.74, 6) is 0. The molecule has 2 saturated carbocycles. The van der Waals surface area contributed by atoms with Crippen LogP contribution in [0.3, 0.4) is 0 Å². The van der Waals surface area contributed by atoms with E-state index in [0.717, 1.165) is 18.0 Å². The molecule has 22 heavy (non-hydrogen) atoms. The van der Waals surface area contributed by atoms with Gasteiger partial charge in [-0.1, -0.05) is 43.4 Å². The summed E-state index contributed by atoms with van der Waals surface area (Å²) < 4.78 is 0. The van der Waals surface area contributed by atoms with E-state index in [0.29, 0.717) is 17.2 Å². The van der Waals surface area contributed by atoms with Crippen LogP contribution in [0.2, 0.25) is 0 Å². The molecule has 1 heterocycles. The van der Waals surface area contributed by atoms with Gasteiger partial charge in [0, 0.05) is 19.1 Å². The molecule has 0 radical (unpaired) electrons. The number of carbonyl (C=O) groups excluding carboxylic acids is 1. The summed E-state index contributed by atoms with van der Waals surface area (Å²) in [6.45, 7) is 0. The summed E-state index contributed by atoms with van der Waals surface area (Å²) in [4.78, 5) is 14.2. The van der Waals surface area contributed by atoms with Crippen molar-refractivity contribution in [3.8, 4) is 0 Å². The maximum atomic E-state index is 12.0. The fraction of sp³-hybridized carbons (Fsp3) is 0.800. The first-order valence-electron chi connectivity index (χ1n) is 8.36. The molecular weight excluding hydrogens is 298 g/mol. The van der Waals surface area contributed by atoms with E-state index < -0.39 is 0 Å². The molecule has 0 spiro atoms. The summed E-state index contributed by atoms with van der Waals surface area (Å²) in [5.41, 5.74) is 0. The van der Waals surface area contributed by atoms with Gasteiger partial charge in [0.25, 0.3) is 0 Å². The van der Waals surface area contributed by atoms with Crippen LogP contribution in [0.1, 0.15) is 57.8 Å². The van der Waals surface area contributed by atoms with E-state index in [1.54, 1.807) is 0 Å². The van der Waals surface area contributed by atoms with Gasteiger partial charge in [-0.25, -0.2) is 4.79 Å². The highest BCUT2D eigenvalue weighted by Gasteiger charge is 2.22. The van der Waals surface area contributed by atoms with Crippen LogP contribution in [0.15, 0.2) is 0 Å². The number of urea groups is 1. The third-order valence-electron chi connectivity index (χ3n) is 4.75. The van der Waals surface area contributed by atoms with Crippen molar-refractivity contribution in [2.24, 2.45) is 0 Å². The van der Waals surface area contributed by atoms with E-state index in [4.69, 9.17) is 0 Å². The lowest BCUT2D eigenvalue weighted by Crippen LogP contribution is -2.36. The number of nitrogens with zero attached hydrogens (tertiary/aromatic N) is 3. The van der Waals surface area contributed by atoms with E-state index in [9.17, 15) is 4.79 Å². The first kappa shape index (κ1) is 15.5. The van der Waals surface area contributed by atoms with Crippen molar-refractivity contribution in [2.45, 2.75) is 69.9 Å². The first-order chi connectivity index (χ1) is 10.7. The molecule has 0 saturated heterocycles. The first-order valence-corrected chi connectivity index (χ1v) is 9.18. The van der Waals surface area contributed by atoms with Crippen LogP contribution in [0.5, 0.6) is 0 Å². The number of hydrogen-bond donors (Lipinski definition) is 2. The van der Waals surface area contributed by atoms with Crippen molar-refractivity contribution in [2.75, 3.05) is 17.3 Å². The largest absolute Gasteiger partial charge is 0.347 e. The summed E-state index contributed by atoms with van der Waals surface area (Å²) in [7, 11) is 2.08. The molecule has 2 aliphatic rings. The molecule has 2 N–H and O–H groups in total. The Kier molecular flexibility index (Phi) is 5.12. The standard InChI is InChI=1S/C15H25N5OS/c1-20(12-9-3-2-4-10-12)15-19-18-14(22-15)17-13(21)16-11-7-5-6-8-11/h11-12H,2-10H2,1H3,(H2,16,17,18,21). The zero-order chi connectivity index (χ0) is 15.4. The van der Waals surface area contributed by atoms with Gasteiger partial charge in [0.05, 0.1) is 0 Å². The Morgan fingerprint density at radius 2 is 1.77 bits per heavy atom. The highest BCUT2D eigenvalue weighted by molar-refractivity contribution is 7.19. The molecule has 2 fully saturated rings. The smallest absolute Gasteiger partial charge is 0.321 e. The van der Waals surface area contributed by atoms with Gasteiger partial charge in [-0.2, -0.15) is 0 Å². The van der Waals surface area contributed by atoms with Crippen LogP contribution in [-0.4, -0.2) is 35.4 Å². The van der Waals surface area contributed by atoms with Crippen LogP contribution in [0.25, 0.3) is 0 Å². The van der Waals surface area contributed by atoms with E-state index in [2.05, 4.69) is 32.8 Å². The Hall–Kier alpha value is -1.37. The Balaban J connectivity index is 1.52. The molecule has 2 aliphatic carbocycles. The van der Waals surface area contributed by atoms with Crippen molar-refractivity contribution in [3.63, 3.8) is 0 Å². The molecule has 3 rings (SSSR count). The zero-order valence-corrected chi connectivity index (χ0v) is 14.0. The minimum atomic E-state index is -0.157. The number of rotatable bonds is 4. The number of nitrogens with one attached hydrogen (secondary N) is 2. The molecule has 0 aromatic carbocycles. The predicted molar refractivity (Wildman–Crippen MR) is 89.6 cm³/mol. The van der Waals surface area contributed by atoms with Crippen LogP contribution in [0.4, 0.5) is 15.1 Å². The normalized spacial score (nSPS) is 20.0. The summed E-state index contributed by atoms with van der Waals surface area (Å²) in [5, 5.41) is 15.6. The van der Waals surface area contributed by atoms with Gasteiger partial charge in [0.2, 0.25) is 10.3 Å². The molecule has 1 aromatic heterocycles. The fourth-order valence-corrected chi connectivity index (χ4v) is 4.19. The summed E-state index contributed by atoms with van der Waals surface area (Å²) in [6, 6.07) is 0.717. The fourth-order valence-electron chi connectivity index (χ4n) is 3.42. The second-order valence-corrected chi connectivity index (χ2v) is 7.33. The highest BCUT2D eigenvalue weighted by atomic mass is 32.1. The molecule has 6 nitrogen and oxygen atoms in total. The lowest BCUT2D eigenvalue weighted by molar-refractivity contribution is 0.248. The van der Waals surface area contributed by atoms with Crippen molar-refractivity contribution in [1.29, 1.82) is 0 Å². The Morgan fingerprint density at radius 1 is 1.09 bits per heavy atom. The van der Waals surface area contributed by atoms with Gasteiger partial charge in [-0.05, 0) is 25.7 Å². The second kappa shape index (κ2) is 7.26. The molecule has 122 valence electrons. The van der Waals surface area contributed by atoms with Crippen molar-refractivity contribution < 1.29 is 4.79 Å². The minimum Gasteiger partial charge on any atom is -0.347 e. The van der Waals surface area contributed by atoms with E-state index >= 15 is 0 Å². The molecular formula is C15H25N5OS. The van der Waals surface area contributed by atoms with Crippen LogP contribution < -0.4 is 15.5 Å². The van der Waals surface area contributed by atoms with Crippen LogP contribution in [0, 0.1) is 0 Å². The van der Waals surface area contributed by atoms with Crippen molar-refractivity contribution in [3.05, 3.63) is 0 Å². The lowest BCUT2D eigenvalue weighted by Gasteiger charge is -2.30. The predicted octanol–water partition coefficient (Wildman–Crippen LogP) is 3.37. The maximum Gasteiger partial charge on any atom is 0.321 e. The number of aromatic nitrogens is 2. The highest BCUT2D eigenvalue weighted by Crippen LogP contribution is 2.29. The van der Waals surface area contributed by atoms with Gasteiger partial charge < -0.3 is 10.2 Å². The van der Waals surface area contributed by atoms with E-state index in [1.165, 1.54) is 56.3 Å². The van der Waals surface area contributed by atoms with Gasteiger partial charge in [-0.3, -0.25) is 5.32 Å². The van der Waals surface area contributed by atoms with Crippen molar-refractivity contribution in [1.82, 2.24) is 15.5 Å². The van der Waals surface area contributed by atoms with Crippen molar-refractivity contribution >= 4 is 27.6 Å². The third kappa shape index (κ3) is 3.88. The topological polar surface area (TPSA) is 70.2 Å². The van der Waals surface area contributed by atoms with Gasteiger partial charge in [-0.15, -0.1) is 10.2 Å². The third-order valence-corrected chi connectivity index (χ3v) is 5.68. The SMILES string of the molecule is CN(c1nnc(NC(=O)NC2CCCC2)s1)C1CCCCC1.